The van der Waals surface area contributed by atoms with Crippen LogP contribution in [0.5, 0.6) is 0 Å². The minimum Gasteiger partial charge on any atom is -0.480 e. The van der Waals surface area contributed by atoms with Crippen molar-refractivity contribution in [1.82, 2.24) is 15.5 Å². The smallest absolute Gasteiger partial charge is 0.326 e. The van der Waals surface area contributed by atoms with Gasteiger partial charge in [-0.1, -0.05) is 36.1 Å². The molecule has 1 aliphatic rings. The first-order valence-electron chi connectivity index (χ1n) is 8.57. The summed E-state index contributed by atoms with van der Waals surface area (Å²) in [4.78, 5) is 48.2. The molecule has 4 amide bonds. The minimum absolute atomic E-state index is 0.137. The maximum Gasteiger partial charge on any atom is 0.326 e. The summed E-state index contributed by atoms with van der Waals surface area (Å²) >= 11 is 6.28. The Bertz CT molecular complexity index is 870. The SMILES string of the molecule is CN1C(=O)/C(=C\c2ccc(C(=O)N[C@@H](CCCNC(N)=O)C(=O)O)cc2)SC1=S. The van der Waals surface area contributed by atoms with E-state index in [1.54, 1.807) is 37.4 Å². The van der Waals surface area contributed by atoms with E-state index in [2.05, 4.69) is 10.6 Å². The number of primary amides is 1. The molecule has 1 heterocycles. The molecular weight excluding hydrogens is 416 g/mol. The van der Waals surface area contributed by atoms with E-state index in [0.717, 1.165) is 0 Å². The number of nitrogens with zero attached hydrogens (tertiary/aromatic N) is 1. The minimum atomic E-state index is -1.17. The van der Waals surface area contributed by atoms with E-state index >= 15 is 0 Å². The van der Waals surface area contributed by atoms with Crippen molar-refractivity contribution in [3.63, 3.8) is 0 Å². The molecule has 1 aromatic carbocycles. The molecule has 0 spiro atoms. The third-order valence-electron chi connectivity index (χ3n) is 4.03. The molecule has 11 heteroatoms. The van der Waals surface area contributed by atoms with Crippen molar-refractivity contribution < 1.29 is 24.3 Å². The number of carboxylic acid groups (broad SMARTS) is 1. The molecule has 154 valence electrons. The van der Waals surface area contributed by atoms with Crippen molar-refractivity contribution in [2.45, 2.75) is 18.9 Å². The van der Waals surface area contributed by atoms with Gasteiger partial charge in [-0.15, -0.1) is 0 Å². The number of nitrogens with one attached hydrogen (secondary N) is 2. The zero-order valence-electron chi connectivity index (χ0n) is 15.5. The first kappa shape index (κ1) is 22.4. The van der Waals surface area contributed by atoms with Crippen molar-refractivity contribution in [2.75, 3.05) is 13.6 Å². The Hall–Kier alpha value is -2.92. The van der Waals surface area contributed by atoms with Gasteiger partial charge >= 0.3 is 12.0 Å². The number of thiocarbonyl (C=S) groups is 1. The standard InChI is InChI=1S/C18H20N4O5S2/c1-22-15(24)13(29-18(22)28)9-10-4-6-11(7-5-10)14(23)21-12(16(25)26)3-2-8-20-17(19)27/h4-7,9,12H,2-3,8H2,1H3,(H,21,23)(H,25,26)(H3,19,20,27)/b13-9+/t12-/m0/s1. The van der Waals surface area contributed by atoms with Gasteiger partial charge in [0.25, 0.3) is 11.8 Å². The van der Waals surface area contributed by atoms with Crippen molar-refractivity contribution >= 4 is 58.2 Å². The monoisotopic (exact) mass is 436 g/mol. The van der Waals surface area contributed by atoms with E-state index in [-0.39, 0.29) is 24.4 Å². The van der Waals surface area contributed by atoms with E-state index in [1.165, 1.54) is 16.7 Å². The Morgan fingerprint density at radius 2 is 1.97 bits per heavy atom. The van der Waals surface area contributed by atoms with Crippen LogP contribution in [-0.2, 0) is 9.59 Å². The van der Waals surface area contributed by atoms with Gasteiger partial charge in [-0.2, -0.15) is 0 Å². The van der Waals surface area contributed by atoms with Gasteiger partial charge in [0.1, 0.15) is 10.4 Å². The molecule has 0 aromatic heterocycles. The van der Waals surface area contributed by atoms with Crippen LogP contribution in [0.15, 0.2) is 29.2 Å². The maximum absolute atomic E-state index is 12.3. The number of hydrogen-bond donors (Lipinski definition) is 4. The lowest BCUT2D eigenvalue weighted by molar-refractivity contribution is -0.139. The molecule has 1 atom stereocenters. The third-order valence-corrected chi connectivity index (χ3v) is 5.51. The normalized spacial score (nSPS) is 16.0. The number of benzene rings is 1. The second-order valence-corrected chi connectivity index (χ2v) is 7.84. The Labute approximate surface area is 176 Å². The van der Waals surface area contributed by atoms with Crippen molar-refractivity contribution in [2.24, 2.45) is 5.73 Å². The fourth-order valence-corrected chi connectivity index (χ4v) is 3.62. The lowest BCUT2D eigenvalue weighted by Gasteiger charge is -2.14. The number of amides is 4. The number of carboxylic acids is 1. The van der Waals surface area contributed by atoms with E-state index in [9.17, 15) is 24.3 Å². The Kier molecular flexibility index (Phi) is 7.74. The zero-order valence-corrected chi connectivity index (χ0v) is 17.1. The number of carbonyl (C=O) groups is 4. The number of nitrogens with two attached hydrogens (primary N) is 1. The summed E-state index contributed by atoms with van der Waals surface area (Å²) < 4.78 is 0.475. The first-order valence-corrected chi connectivity index (χ1v) is 9.80. The number of thioether (sulfide) groups is 1. The van der Waals surface area contributed by atoms with Gasteiger partial charge in [0.05, 0.1) is 4.91 Å². The quantitative estimate of drug-likeness (QED) is 0.272. The summed E-state index contributed by atoms with van der Waals surface area (Å²) in [5, 5.41) is 14.1. The molecule has 1 aliphatic heterocycles. The van der Waals surface area contributed by atoms with Crippen LogP contribution in [0.1, 0.15) is 28.8 Å². The average molecular weight is 437 g/mol. The van der Waals surface area contributed by atoms with Crippen LogP contribution in [0.2, 0.25) is 0 Å². The molecule has 0 saturated carbocycles. The maximum atomic E-state index is 12.3. The molecule has 2 rings (SSSR count). The van der Waals surface area contributed by atoms with Gasteiger partial charge in [0.15, 0.2) is 0 Å². The van der Waals surface area contributed by atoms with E-state index in [0.29, 0.717) is 21.2 Å². The molecule has 0 bridgehead atoms. The number of hydrogen-bond acceptors (Lipinski definition) is 6. The van der Waals surface area contributed by atoms with Crippen molar-refractivity contribution in [3.8, 4) is 0 Å². The predicted molar refractivity (Wildman–Crippen MR) is 113 cm³/mol. The van der Waals surface area contributed by atoms with Gasteiger partial charge in [0, 0.05) is 19.2 Å². The average Bonchev–Trinajstić information content (AvgIpc) is 2.91. The summed E-state index contributed by atoms with van der Waals surface area (Å²) in [6, 6.07) is 4.61. The Morgan fingerprint density at radius 3 is 2.48 bits per heavy atom. The van der Waals surface area contributed by atoms with E-state index < -0.39 is 23.9 Å². The molecule has 0 radical (unpaired) electrons. The van der Waals surface area contributed by atoms with Crippen LogP contribution in [0, 0.1) is 0 Å². The second-order valence-electron chi connectivity index (χ2n) is 6.16. The van der Waals surface area contributed by atoms with Crippen LogP contribution in [0.25, 0.3) is 6.08 Å². The lowest BCUT2D eigenvalue weighted by atomic mass is 10.1. The summed E-state index contributed by atoms with van der Waals surface area (Å²) in [7, 11) is 1.61. The number of likely N-dealkylation sites (N-methyl/N-ethyl adjacent to an activating group) is 1. The van der Waals surface area contributed by atoms with E-state index in [4.69, 9.17) is 18.0 Å². The highest BCUT2D eigenvalue weighted by Crippen LogP contribution is 2.31. The molecule has 5 N–H and O–H groups in total. The van der Waals surface area contributed by atoms with Crippen LogP contribution in [0.4, 0.5) is 4.79 Å². The van der Waals surface area contributed by atoms with E-state index in [1.807, 2.05) is 0 Å². The molecule has 1 saturated heterocycles. The van der Waals surface area contributed by atoms with Gasteiger partial charge in [-0.3, -0.25) is 14.5 Å². The fraction of sp³-hybridized carbons (Fsp3) is 0.278. The zero-order chi connectivity index (χ0) is 21.6. The number of aliphatic carboxylic acids is 1. The highest BCUT2D eigenvalue weighted by atomic mass is 32.2. The summed E-state index contributed by atoms with van der Waals surface area (Å²) in [5.41, 5.74) is 5.94. The number of rotatable bonds is 8. The number of urea groups is 1. The lowest BCUT2D eigenvalue weighted by Crippen LogP contribution is -2.41. The van der Waals surface area contributed by atoms with Crippen LogP contribution in [-0.4, -0.2) is 57.8 Å². The van der Waals surface area contributed by atoms with Crippen LogP contribution in [0.3, 0.4) is 0 Å². The molecule has 1 fully saturated rings. The summed E-state index contributed by atoms with van der Waals surface area (Å²) in [6.45, 7) is 0.216. The fourth-order valence-electron chi connectivity index (χ4n) is 2.44. The highest BCUT2D eigenvalue weighted by Gasteiger charge is 2.28. The van der Waals surface area contributed by atoms with Gasteiger partial charge in [0.2, 0.25) is 0 Å². The van der Waals surface area contributed by atoms with Gasteiger partial charge in [-0.25, -0.2) is 9.59 Å². The molecule has 1 aromatic rings. The second kappa shape index (κ2) is 10.0. The Balaban J connectivity index is 1.98. The topological polar surface area (TPSA) is 142 Å². The Morgan fingerprint density at radius 1 is 1.31 bits per heavy atom. The van der Waals surface area contributed by atoms with Crippen molar-refractivity contribution in [1.29, 1.82) is 0 Å². The summed E-state index contributed by atoms with van der Waals surface area (Å²) in [6.07, 6.45) is 2.16. The van der Waals surface area contributed by atoms with Crippen LogP contribution < -0.4 is 16.4 Å². The number of carbonyl (C=O) groups excluding carboxylic acids is 3. The predicted octanol–water partition coefficient (Wildman–Crippen LogP) is 1.15. The molecule has 0 unspecified atom stereocenters. The molecule has 9 nitrogen and oxygen atoms in total. The highest BCUT2D eigenvalue weighted by molar-refractivity contribution is 8.26. The summed E-state index contributed by atoms with van der Waals surface area (Å²) in [5.74, 6) is -1.89. The third kappa shape index (κ3) is 6.29. The van der Waals surface area contributed by atoms with Crippen molar-refractivity contribution in [3.05, 3.63) is 40.3 Å². The largest absolute Gasteiger partial charge is 0.480 e. The van der Waals surface area contributed by atoms with Crippen LogP contribution >= 0.6 is 24.0 Å². The molecular formula is C18H20N4O5S2. The molecule has 0 aliphatic carbocycles. The van der Waals surface area contributed by atoms with Gasteiger partial charge < -0.3 is 21.5 Å². The van der Waals surface area contributed by atoms with Gasteiger partial charge in [-0.05, 0) is 36.6 Å². The molecule has 29 heavy (non-hydrogen) atoms. The first-order chi connectivity index (χ1) is 13.7.